The van der Waals surface area contributed by atoms with E-state index in [1.54, 1.807) is 33.3 Å². The second kappa shape index (κ2) is 12.9. The number of carbonyl (C=O) groups excluding carboxylic acids is 2. The second-order valence-electron chi connectivity index (χ2n) is 10.1. The molecule has 2 aromatic carbocycles. The van der Waals surface area contributed by atoms with Crippen LogP contribution in [0.4, 0.5) is 10.5 Å². The number of methoxy groups -OCH3 is 3. The fourth-order valence-electron chi connectivity index (χ4n) is 5.45. The molecule has 11 heteroatoms. The van der Waals surface area contributed by atoms with Crippen molar-refractivity contribution in [1.82, 2.24) is 15.1 Å². The summed E-state index contributed by atoms with van der Waals surface area (Å²) in [6.45, 7) is 6.08. The highest BCUT2D eigenvalue weighted by atomic mass is 16.6. The van der Waals surface area contributed by atoms with Gasteiger partial charge in [0.1, 0.15) is 0 Å². The molecular formula is C30H36N4O7. The van der Waals surface area contributed by atoms with Crippen LogP contribution in [0.3, 0.4) is 0 Å². The molecule has 2 amide bonds. The van der Waals surface area contributed by atoms with Gasteiger partial charge in [-0.3, -0.25) is 19.8 Å². The number of nitro groups is 1. The Morgan fingerprint density at radius 1 is 1.07 bits per heavy atom. The van der Waals surface area contributed by atoms with Gasteiger partial charge < -0.3 is 19.5 Å². The first-order valence-electron chi connectivity index (χ1n) is 13.4. The van der Waals surface area contributed by atoms with Crippen LogP contribution < -0.4 is 14.8 Å². The second-order valence-corrected chi connectivity index (χ2v) is 10.1. The van der Waals surface area contributed by atoms with Gasteiger partial charge in [0, 0.05) is 61.2 Å². The summed E-state index contributed by atoms with van der Waals surface area (Å²) < 4.78 is 15.9. The largest absolute Gasteiger partial charge is 0.493 e. The molecule has 0 saturated carbocycles. The number of amides is 2. The molecule has 1 unspecified atom stereocenters. The summed E-state index contributed by atoms with van der Waals surface area (Å²) in [7, 11) is 4.50. The van der Waals surface area contributed by atoms with Crippen molar-refractivity contribution in [2.24, 2.45) is 0 Å². The molecule has 2 aliphatic rings. The van der Waals surface area contributed by atoms with Gasteiger partial charge >= 0.3 is 6.09 Å². The summed E-state index contributed by atoms with van der Waals surface area (Å²) >= 11 is 0. The van der Waals surface area contributed by atoms with Crippen molar-refractivity contribution >= 4 is 17.7 Å². The van der Waals surface area contributed by atoms with Crippen LogP contribution in [0, 0.1) is 10.1 Å². The van der Waals surface area contributed by atoms with Gasteiger partial charge in [0.25, 0.3) is 11.6 Å². The van der Waals surface area contributed by atoms with E-state index < -0.39 is 22.8 Å². The van der Waals surface area contributed by atoms with Gasteiger partial charge in [0.15, 0.2) is 11.5 Å². The van der Waals surface area contributed by atoms with Gasteiger partial charge in [-0.05, 0) is 55.5 Å². The van der Waals surface area contributed by atoms with Crippen LogP contribution >= 0.6 is 0 Å². The molecule has 0 spiro atoms. The first kappa shape index (κ1) is 29.6. The fraction of sp³-hybridized carbons (Fsp3) is 0.400. The van der Waals surface area contributed by atoms with E-state index in [1.807, 2.05) is 25.1 Å². The van der Waals surface area contributed by atoms with Gasteiger partial charge in [-0.25, -0.2) is 9.69 Å². The number of non-ortho nitro benzene ring substituents is 1. The third-order valence-corrected chi connectivity index (χ3v) is 7.50. The molecule has 218 valence electrons. The Hall–Kier alpha value is -4.38. The molecule has 0 bridgehead atoms. The number of dihydropyridines is 1. The van der Waals surface area contributed by atoms with Crippen LogP contribution in [0.25, 0.3) is 0 Å². The first-order valence-corrected chi connectivity index (χ1v) is 13.4. The van der Waals surface area contributed by atoms with Crippen LogP contribution in [-0.4, -0.2) is 67.7 Å². The lowest BCUT2D eigenvalue weighted by Crippen LogP contribution is -2.42. The van der Waals surface area contributed by atoms with Gasteiger partial charge in [0.05, 0.1) is 26.3 Å². The van der Waals surface area contributed by atoms with Gasteiger partial charge in [-0.1, -0.05) is 18.2 Å². The summed E-state index contributed by atoms with van der Waals surface area (Å²) in [6.07, 6.45) is 2.56. The predicted molar refractivity (Wildman–Crippen MR) is 153 cm³/mol. The molecule has 0 fully saturated rings. The van der Waals surface area contributed by atoms with E-state index in [9.17, 15) is 19.7 Å². The maximum atomic E-state index is 13.9. The van der Waals surface area contributed by atoms with E-state index in [1.165, 1.54) is 24.8 Å². The molecule has 1 N–H and O–H groups in total. The van der Waals surface area contributed by atoms with Crippen LogP contribution in [0.1, 0.15) is 42.9 Å². The minimum Gasteiger partial charge on any atom is -0.493 e. The highest BCUT2D eigenvalue weighted by Crippen LogP contribution is 2.35. The summed E-state index contributed by atoms with van der Waals surface area (Å²) in [4.78, 5) is 40.8. The number of ether oxygens (including phenoxy) is 3. The number of fused-ring (bicyclic) bond motifs is 1. The lowest BCUT2D eigenvalue weighted by Gasteiger charge is -2.31. The lowest BCUT2D eigenvalue weighted by atomic mass is 9.86. The fourth-order valence-corrected chi connectivity index (χ4v) is 5.45. The molecule has 2 aliphatic heterocycles. The topological polar surface area (TPSA) is 123 Å². The van der Waals surface area contributed by atoms with Crippen molar-refractivity contribution < 1.29 is 28.7 Å². The van der Waals surface area contributed by atoms with Gasteiger partial charge in [0.2, 0.25) is 0 Å². The van der Waals surface area contributed by atoms with Crippen molar-refractivity contribution in [3.05, 3.63) is 86.2 Å². The van der Waals surface area contributed by atoms with Crippen LogP contribution in [0.5, 0.6) is 11.5 Å². The molecule has 0 aromatic heterocycles. The quantitative estimate of drug-likeness (QED) is 0.346. The third-order valence-electron chi connectivity index (χ3n) is 7.50. The summed E-state index contributed by atoms with van der Waals surface area (Å²) in [5.41, 5.74) is 4.91. The number of rotatable bonds is 9. The summed E-state index contributed by atoms with van der Waals surface area (Å²) in [6, 6.07) is 10.1. The molecule has 0 saturated heterocycles. The minimum atomic E-state index is -0.732. The molecule has 4 rings (SSSR count). The molecule has 0 aliphatic carbocycles. The number of hydrogen-bond donors (Lipinski definition) is 1. The molecule has 2 heterocycles. The Labute approximate surface area is 239 Å². The Bertz CT molecular complexity index is 1380. The highest BCUT2D eigenvalue weighted by molar-refractivity contribution is 6.04. The highest BCUT2D eigenvalue weighted by Gasteiger charge is 2.33. The third kappa shape index (κ3) is 6.51. The number of imide groups is 1. The van der Waals surface area contributed by atoms with E-state index in [4.69, 9.17) is 14.2 Å². The average molecular weight is 565 g/mol. The van der Waals surface area contributed by atoms with Crippen molar-refractivity contribution in [2.75, 3.05) is 41.0 Å². The van der Waals surface area contributed by atoms with Crippen molar-refractivity contribution in [2.45, 2.75) is 39.2 Å². The number of benzene rings is 2. The monoisotopic (exact) mass is 564 g/mol. The van der Waals surface area contributed by atoms with E-state index in [-0.39, 0.29) is 12.2 Å². The standard InChI is InChI=1S/C30H36N4O7/c1-19-15-25(21-7-9-24(10-8-21)34(37)38)28(20(2)31-19)29(35)33(30(36)41-5)13-6-12-32-14-11-22-16-26(39-3)27(40-4)17-23(22)18-32/h7-10,15-17,25,31H,6,11-14,18H2,1-5H3. The first-order chi connectivity index (χ1) is 19.7. The Balaban J connectivity index is 1.49. The number of hydrogen-bond acceptors (Lipinski definition) is 9. The predicted octanol–water partition coefficient (Wildman–Crippen LogP) is 4.52. The maximum Gasteiger partial charge on any atom is 0.416 e. The zero-order chi connectivity index (χ0) is 29.7. The molecular weight excluding hydrogens is 528 g/mol. The maximum absolute atomic E-state index is 13.9. The van der Waals surface area contributed by atoms with Crippen LogP contribution in [-0.2, 0) is 22.5 Å². The molecule has 41 heavy (non-hydrogen) atoms. The van der Waals surface area contributed by atoms with E-state index in [2.05, 4.69) is 10.2 Å². The zero-order valence-electron chi connectivity index (χ0n) is 24.1. The molecule has 11 nitrogen and oxygen atoms in total. The Morgan fingerprint density at radius 3 is 2.34 bits per heavy atom. The van der Waals surface area contributed by atoms with E-state index in [0.717, 1.165) is 35.7 Å². The number of nitrogens with zero attached hydrogens (tertiary/aromatic N) is 3. The van der Waals surface area contributed by atoms with E-state index >= 15 is 0 Å². The van der Waals surface area contributed by atoms with Crippen LogP contribution in [0.15, 0.2) is 59.4 Å². The Morgan fingerprint density at radius 2 is 1.73 bits per heavy atom. The van der Waals surface area contributed by atoms with Crippen molar-refractivity contribution in [3.63, 3.8) is 0 Å². The number of allylic oxidation sites excluding steroid dienone is 3. The number of carbonyl (C=O) groups is 2. The molecule has 1 atom stereocenters. The zero-order valence-corrected chi connectivity index (χ0v) is 24.1. The van der Waals surface area contributed by atoms with Crippen LogP contribution in [0.2, 0.25) is 0 Å². The smallest absolute Gasteiger partial charge is 0.416 e. The minimum absolute atomic E-state index is 0.0360. The number of nitrogens with one attached hydrogen (secondary N) is 1. The Kier molecular flexibility index (Phi) is 9.28. The SMILES string of the molecule is COC(=O)N(CCCN1CCc2cc(OC)c(OC)cc2C1)C(=O)C1=C(C)NC(C)=CC1c1ccc([N+](=O)[O-])cc1. The van der Waals surface area contributed by atoms with Crippen molar-refractivity contribution in [1.29, 1.82) is 0 Å². The van der Waals surface area contributed by atoms with Gasteiger partial charge in [-0.2, -0.15) is 0 Å². The normalized spacial score (nSPS) is 16.7. The lowest BCUT2D eigenvalue weighted by molar-refractivity contribution is -0.384. The number of nitro benzene ring substituents is 1. The average Bonchev–Trinajstić information content (AvgIpc) is 2.97. The summed E-state index contributed by atoms with van der Waals surface area (Å²) in [5.74, 6) is 0.454. The molecule has 0 radical (unpaired) electrons. The summed E-state index contributed by atoms with van der Waals surface area (Å²) in [5, 5.41) is 14.3. The van der Waals surface area contributed by atoms with Crippen molar-refractivity contribution in [3.8, 4) is 11.5 Å². The van der Waals surface area contributed by atoms with Gasteiger partial charge in [-0.15, -0.1) is 0 Å². The van der Waals surface area contributed by atoms with E-state index in [0.29, 0.717) is 41.3 Å². The molecule has 2 aromatic rings.